The molecule has 98 valence electrons. The minimum atomic E-state index is -0.554. The number of amides is 1. The van der Waals surface area contributed by atoms with Crippen molar-refractivity contribution in [2.45, 2.75) is 6.92 Å². The van der Waals surface area contributed by atoms with Crippen molar-refractivity contribution in [1.29, 1.82) is 0 Å². The molecule has 1 aromatic rings. The Hall–Kier alpha value is -1.99. The maximum atomic E-state index is 11.7. The summed E-state index contributed by atoms with van der Waals surface area (Å²) in [5.41, 5.74) is 2.91. The topological polar surface area (TPSA) is 90.7 Å². The van der Waals surface area contributed by atoms with E-state index in [1.807, 2.05) is 0 Å². The Morgan fingerprint density at radius 2 is 2.17 bits per heavy atom. The summed E-state index contributed by atoms with van der Waals surface area (Å²) in [7, 11) is 1.51. The van der Waals surface area contributed by atoms with Gasteiger partial charge in [0, 0.05) is 19.2 Å². The molecular weight excluding hydrogens is 240 g/mol. The van der Waals surface area contributed by atoms with E-state index in [0.29, 0.717) is 12.2 Å². The van der Waals surface area contributed by atoms with Gasteiger partial charge in [0.15, 0.2) is 0 Å². The molecule has 0 aromatic heterocycles. The predicted molar refractivity (Wildman–Crippen MR) is 63.1 cm³/mol. The van der Waals surface area contributed by atoms with E-state index in [-0.39, 0.29) is 17.9 Å². The van der Waals surface area contributed by atoms with Gasteiger partial charge in [0.2, 0.25) is 0 Å². The van der Waals surface area contributed by atoms with Crippen molar-refractivity contribution in [2.75, 3.05) is 20.3 Å². The van der Waals surface area contributed by atoms with E-state index in [2.05, 4.69) is 5.48 Å². The van der Waals surface area contributed by atoms with E-state index < -0.39 is 10.8 Å². The number of nitro groups is 1. The number of hydrogen-bond acceptors (Lipinski definition) is 5. The lowest BCUT2D eigenvalue weighted by Crippen LogP contribution is -2.26. The number of hydrogen-bond donors (Lipinski definition) is 1. The van der Waals surface area contributed by atoms with Crippen molar-refractivity contribution in [3.63, 3.8) is 0 Å². The Kier molecular flexibility index (Phi) is 5.22. The van der Waals surface area contributed by atoms with Gasteiger partial charge in [-0.05, 0) is 12.5 Å². The molecule has 0 aliphatic rings. The molecule has 0 saturated carbocycles. The molecule has 0 spiro atoms. The first-order valence-electron chi connectivity index (χ1n) is 5.22. The number of aryl methyl sites for hydroxylation is 1. The van der Waals surface area contributed by atoms with Crippen molar-refractivity contribution < 1.29 is 19.3 Å². The summed E-state index contributed by atoms with van der Waals surface area (Å²) in [4.78, 5) is 26.6. The molecule has 1 amide bonds. The summed E-state index contributed by atoms with van der Waals surface area (Å²) >= 11 is 0. The second-order valence-corrected chi connectivity index (χ2v) is 3.53. The molecule has 0 aliphatic heterocycles. The standard InChI is InChI=1S/C11H14N2O5/c1-8-3-4-9(13(15)16)7-10(8)11(14)12-18-6-5-17-2/h3-4,7H,5-6H2,1-2H3,(H,12,14). The van der Waals surface area contributed by atoms with Crippen LogP contribution in [0.15, 0.2) is 18.2 Å². The molecule has 0 unspecified atom stereocenters. The highest BCUT2D eigenvalue weighted by atomic mass is 16.7. The SMILES string of the molecule is COCCONC(=O)c1cc([N+](=O)[O-])ccc1C. The van der Waals surface area contributed by atoms with E-state index in [9.17, 15) is 14.9 Å². The number of methoxy groups -OCH3 is 1. The van der Waals surface area contributed by atoms with Gasteiger partial charge >= 0.3 is 0 Å². The van der Waals surface area contributed by atoms with Crippen molar-refractivity contribution >= 4 is 11.6 Å². The third-order valence-electron chi connectivity index (χ3n) is 2.23. The maximum absolute atomic E-state index is 11.7. The molecule has 0 radical (unpaired) electrons. The first-order chi connectivity index (χ1) is 8.56. The largest absolute Gasteiger partial charge is 0.382 e. The van der Waals surface area contributed by atoms with Crippen LogP contribution in [0.4, 0.5) is 5.69 Å². The van der Waals surface area contributed by atoms with Crippen LogP contribution < -0.4 is 5.48 Å². The summed E-state index contributed by atoms with van der Waals surface area (Å²) in [5, 5.41) is 10.6. The Balaban J connectivity index is 2.72. The maximum Gasteiger partial charge on any atom is 0.275 e. The Morgan fingerprint density at radius 1 is 1.44 bits per heavy atom. The number of hydroxylamine groups is 1. The number of ether oxygens (including phenoxy) is 1. The number of benzene rings is 1. The third kappa shape index (κ3) is 3.79. The first kappa shape index (κ1) is 14.1. The summed E-state index contributed by atoms with van der Waals surface area (Å²) in [5.74, 6) is -0.521. The second kappa shape index (κ2) is 6.67. The zero-order valence-corrected chi connectivity index (χ0v) is 10.1. The number of rotatable bonds is 6. The average molecular weight is 254 g/mol. The molecule has 0 fully saturated rings. The molecule has 0 bridgehead atoms. The normalized spacial score (nSPS) is 10.1. The number of non-ortho nitro benzene ring substituents is 1. The first-order valence-corrected chi connectivity index (χ1v) is 5.22. The van der Waals surface area contributed by atoms with Gasteiger partial charge in [0.1, 0.15) is 0 Å². The van der Waals surface area contributed by atoms with Gasteiger partial charge in [-0.2, -0.15) is 0 Å². The monoisotopic (exact) mass is 254 g/mol. The van der Waals surface area contributed by atoms with Crippen molar-refractivity contribution in [3.05, 3.63) is 39.4 Å². The molecular formula is C11H14N2O5. The summed E-state index contributed by atoms with van der Waals surface area (Å²) < 4.78 is 4.74. The van der Waals surface area contributed by atoms with E-state index in [1.165, 1.54) is 25.3 Å². The second-order valence-electron chi connectivity index (χ2n) is 3.53. The van der Waals surface area contributed by atoms with Crippen LogP contribution >= 0.6 is 0 Å². The molecule has 1 rings (SSSR count). The van der Waals surface area contributed by atoms with Gasteiger partial charge in [-0.3, -0.25) is 19.7 Å². The predicted octanol–water partition coefficient (Wildman–Crippen LogP) is 1.21. The summed E-state index contributed by atoms with van der Waals surface area (Å²) in [6.45, 7) is 2.23. The Labute approximate surface area is 104 Å². The van der Waals surface area contributed by atoms with Crippen LogP contribution in [0.25, 0.3) is 0 Å². The van der Waals surface area contributed by atoms with Crippen LogP contribution in [0.1, 0.15) is 15.9 Å². The van der Waals surface area contributed by atoms with Crippen molar-refractivity contribution in [1.82, 2.24) is 5.48 Å². The molecule has 0 saturated heterocycles. The molecule has 7 heteroatoms. The lowest BCUT2D eigenvalue weighted by Gasteiger charge is -2.07. The van der Waals surface area contributed by atoms with Crippen molar-refractivity contribution in [3.8, 4) is 0 Å². The fraction of sp³-hybridized carbons (Fsp3) is 0.364. The van der Waals surface area contributed by atoms with Gasteiger partial charge in [0.05, 0.1) is 23.7 Å². The van der Waals surface area contributed by atoms with Crippen LogP contribution in [0.2, 0.25) is 0 Å². The molecule has 1 N–H and O–H groups in total. The van der Waals surface area contributed by atoms with E-state index in [4.69, 9.17) is 9.57 Å². The Morgan fingerprint density at radius 3 is 2.78 bits per heavy atom. The van der Waals surface area contributed by atoms with Crippen LogP contribution in [0, 0.1) is 17.0 Å². The van der Waals surface area contributed by atoms with Crippen LogP contribution in [0.3, 0.4) is 0 Å². The average Bonchev–Trinajstić information content (AvgIpc) is 2.34. The zero-order chi connectivity index (χ0) is 13.5. The lowest BCUT2D eigenvalue weighted by atomic mass is 10.1. The van der Waals surface area contributed by atoms with Gasteiger partial charge in [0.25, 0.3) is 11.6 Å². The van der Waals surface area contributed by atoms with Crippen LogP contribution in [-0.4, -0.2) is 31.2 Å². The molecule has 7 nitrogen and oxygen atoms in total. The lowest BCUT2D eigenvalue weighted by molar-refractivity contribution is -0.384. The van der Waals surface area contributed by atoms with Gasteiger partial charge in [-0.15, -0.1) is 0 Å². The molecule has 0 atom stereocenters. The van der Waals surface area contributed by atoms with Gasteiger partial charge < -0.3 is 4.74 Å². The van der Waals surface area contributed by atoms with Crippen molar-refractivity contribution in [2.24, 2.45) is 0 Å². The van der Waals surface area contributed by atoms with Gasteiger partial charge in [-0.1, -0.05) is 6.07 Å². The number of nitrogens with one attached hydrogen (secondary N) is 1. The number of carbonyl (C=O) groups excluding carboxylic acids is 1. The highest BCUT2D eigenvalue weighted by Crippen LogP contribution is 2.17. The smallest absolute Gasteiger partial charge is 0.275 e. The molecule has 18 heavy (non-hydrogen) atoms. The number of carbonyl (C=O) groups is 1. The molecule has 0 aliphatic carbocycles. The third-order valence-corrected chi connectivity index (χ3v) is 2.23. The summed E-state index contributed by atoms with van der Waals surface area (Å²) in [6.07, 6.45) is 0. The van der Waals surface area contributed by atoms with Gasteiger partial charge in [-0.25, -0.2) is 5.48 Å². The fourth-order valence-corrected chi connectivity index (χ4v) is 1.26. The van der Waals surface area contributed by atoms with E-state index >= 15 is 0 Å². The van der Waals surface area contributed by atoms with Crippen LogP contribution in [-0.2, 0) is 9.57 Å². The number of nitro benzene ring substituents is 1. The summed E-state index contributed by atoms with van der Waals surface area (Å²) in [6, 6.07) is 4.07. The zero-order valence-electron chi connectivity index (χ0n) is 10.1. The van der Waals surface area contributed by atoms with E-state index in [1.54, 1.807) is 6.92 Å². The Bertz CT molecular complexity index is 447. The minimum absolute atomic E-state index is 0.136. The van der Waals surface area contributed by atoms with Crippen LogP contribution in [0.5, 0.6) is 0 Å². The fourth-order valence-electron chi connectivity index (χ4n) is 1.26. The quantitative estimate of drug-likeness (QED) is 0.468. The van der Waals surface area contributed by atoms with E-state index in [0.717, 1.165) is 0 Å². The molecule has 1 aromatic carbocycles. The highest BCUT2D eigenvalue weighted by Gasteiger charge is 2.14. The minimum Gasteiger partial charge on any atom is -0.382 e. The number of nitrogens with zero attached hydrogens (tertiary/aromatic N) is 1. The molecule has 0 heterocycles. The highest BCUT2D eigenvalue weighted by molar-refractivity contribution is 5.95.